The number of benzene rings is 2. The number of sulfonamides is 1. The molecule has 0 spiro atoms. The quantitative estimate of drug-likeness (QED) is 0.592. The average Bonchev–Trinajstić information content (AvgIpc) is 3.32. The van der Waals surface area contributed by atoms with Gasteiger partial charge in [-0.15, -0.1) is 11.8 Å². The van der Waals surface area contributed by atoms with E-state index in [4.69, 9.17) is 4.74 Å². The Hall–Kier alpha value is -1.87. The van der Waals surface area contributed by atoms with E-state index in [0.29, 0.717) is 30.3 Å². The molecule has 1 amide bonds. The first-order valence-corrected chi connectivity index (χ1v) is 13.6. The number of amides is 1. The number of hydrogen-bond donors (Lipinski definition) is 1. The Balaban J connectivity index is 1.42. The first-order valence-electron chi connectivity index (χ1n) is 11.2. The predicted molar refractivity (Wildman–Crippen MR) is 128 cm³/mol. The van der Waals surface area contributed by atoms with Crippen LogP contribution in [0.4, 0.5) is 5.69 Å². The number of carbonyl (C=O) groups is 1. The Morgan fingerprint density at radius 2 is 1.91 bits per heavy atom. The van der Waals surface area contributed by atoms with Crippen LogP contribution in [0.1, 0.15) is 43.0 Å². The highest BCUT2D eigenvalue weighted by Crippen LogP contribution is 2.28. The van der Waals surface area contributed by atoms with Gasteiger partial charge in [-0.25, -0.2) is 8.42 Å². The summed E-state index contributed by atoms with van der Waals surface area (Å²) in [6.07, 6.45) is 4.35. The Bertz CT molecular complexity index is 1030. The Morgan fingerprint density at radius 3 is 2.62 bits per heavy atom. The molecular weight excluding hydrogens is 444 g/mol. The SMILES string of the molecule is C[C@H]1CCCN(S(=O)(=O)c2ccc(NC(=O)c3ccccc3SC[C@@H]3CCCO3)cc2)C1. The molecule has 2 aliphatic heterocycles. The monoisotopic (exact) mass is 474 g/mol. The summed E-state index contributed by atoms with van der Waals surface area (Å²) in [4.78, 5) is 14.1. The van der Waals surface area contributed by atoms with Crippen molar-refractivity contribution in [2.75, 3.05) is 30.8 Å². The minimum absolute atomic E-state index is 0.207. The summed E-state index contributed by atoms with van der Waals surface area (Å²) in [5.74, 6) is 0.988. The number of piperidine rings is 1. The molecule has 2 heterocycles. The molecule has 8 heteroatoms. The van der Waals surface area contributed by atoms with Gasteiger partial charge in [0.15, 0.2) is 0 Å². The van der Waals surface area contributed by atoms with Crippen LogP contribution in [-0.4, -0.2) is 50.2 Å². The largest absolute Gasteiger partial charge is 0.377 e. The van der Waals surface area contributed by atoms with E-state index in [9.17, 15) is 13.2 Å². The third kappa shape index (κ3) is 5.54. The van der Waals surface area contributed by atoms with Gasteiger partial charge in [0, 0.05) is 36.0 Å². The zero-order valence-electron chi connectivity index (χ0n) is 18.3. The molecule has 2 aromatic carbocycles. The molecule has 6 nitrogen and oxygen atoms in total. The maximum atomic E-state index is 12.9. The van der Waals surface area contributed by atoms with Gasteiger partial charge in [-0.3, -0.25) is 4.79 Å². The van der Waals surface area contributed by atoms with E-state index >= 15 is 0 Å². The summed E-state index contributed by atoms with van der Waals surface area (Å²) in [6.45, 7) is 4.01. The second-order valence-electron chi connectivity index (χ2n) is 8.53. The molecule has 0 saturated carbocycles. The third-order valence-electron chi connectivity index (χ3n) is 5.95. The maximum absolute atomic E-state index is 12.9. The lowest BCUT2D eigenvalue weighted by molar-refractivity contribution is 0.102. The second kappa shape index (κ2) is 10.4. The van der Waals surface area contributed by atoms with Gasteiger partial charge in [0.25, 0.3) is 5.91 Å². The Kier molecular flexibility index (Phi) is 7.55. The zero-order valence-corrected chi connectivity index (χ0v) is 20.0. The van der Waals surface area contributed by atoms with Crippen LogP contribution in [-0.2, 0) is 14.8 Å². The summed E-state index contributed by atoms with van der Waals surface area (Å²) in [5.41, 5.74) is 1.18. The number of anilines is 1. The van der Waals surface area contributed by atoms with Gasteiger partial charge in [0.1, 0.15) is 0 Å². The Labute approximate surface area is 194 Å². The number of hydrogen-bond acceptors (Lipinski definition) is 5. The first kappa shape index (κ1) is 23.3. The lowest BCUT2D eigenvalue weighted by Crippen LogP contribution is -2.39. The molecule has 1 N–H and O–H groups in total. The highest BCUT2D eigenvalue weighted by atomic mass is 32.2. The summed E-state index contributed by atoms with van der Waals surface area (Å²) < 4.78 is 33.1. The first-order chi connectivity index (χ1) is 15.4. The van der Waals surface area contributed by atoms with Gasteiger partial charge in [0.05, 0.1) is 16.6 Å². The zero-order chi connectivity index (χ0) is 22.6. The standard InChI is InChI=1S/C24H30N2O4S2/c1-18-6-4-14-26(16-18)32(28,29)21-12-10-19(11-13-21)25-24(27)22-8-2-3-9-23(22)31-17-20-7-5-15-30-20/h2-3,8-13,18,20H,4-7,14-17H2,1H3,(H,25,27)/t18-,20-/m0/s1. The topological polar surface area (TPSA) is 75.7 Å². The molecule has 0 aromatic heterocycles. The van der Waals surface area contributed by atoms with Crippen LogP contribution in [0.2, 0.25) is 0 Å². The van der Waals surface area contributed by atoms with Gasteiger partial charge in [-0.1, -0.05) is 19.1 Å². The Morgan fingerprint density at radius 1 is 1.12 bits per heavy atom. The summed E-state index contributed by atoms with van der Waals surface area (Å²) in [5, 5.41) is 2.90. The smallest absolute Gasteiger partial charge is 0.256 e. The number of rotatable bonds is 7. The van der Waals surface area contributed by atoms with Crippen LogP contribution in [0.25, 0.3) is 0 Å². The van der Waals surface area contributed by atoms with Crippen molar-refractivity contribution in [3.63, 3.8) is 0 Å². The molecule has 0 bridgehead atoms. The minimum Gasteiger partial charge on any atom is -0.377 e. The van der Waals surface area contributed by atoms with Crippen molar-refractivity contribution in [3.05, 3.63) is 54.1 Å². The van der Waals surface area contributed by atoms with E-state index in [1.54, 1.807) is 40.3 Å². The van der Waals surface area contributed by atoms with Crippen LogP contribution in [0.15, 0.2) is 58.3 Å². The molecule has 2 aromatic rings. The molecule has 2 aliphatic rings. The van der Waals surface area contributed by atoms with E-state index in [2.05, 4.69) is 12.2 Å². The molecule has 2 saturated heterocycles. The van der Waals surface area contributed by atoms with Crippen LogP contribution in [0.3, 0.4) is 0 Å². The highest BCUT2D eigenvalue weighted by Gasteiger charge is 2.28. The van der Waals surface area contributed by atoms with Crippen molar-refractivity contribution in [2.45, 2.75) is 48.5 Å². The van der Waals surface area contributed by atoms with Gasteiger partial charge >= 0.3 is 0 Å². The molecule has 32 heavy (non-hydrogen) atoms. The van der Waals surface area contributed by atoms with Gasteiger partial charge in [-0.2, -0.15) is 4.31 Å². The van der Waals surface area contributed by atoms with E-state index in [1.165, 1.54) is 0 Å². The number of thioether (sulfide) groups is 1. The fraction of sp³-hybridized carbons (Fsp3) is 0.458. The molecule has 0 radical (unpaired) electrons. The number of nitrogens with zero attached hydrogens (tertiary/aromatic N) is 1. The molecule has 2 fully saturated rings. The van der Waals surface area contributed by atoms with Crippen molar-refractivity contribution < 1.29 is 17.9 Å². The van der Waals surface area contributed by atoms with E-state index in [1.807, 2.05) is 24.3 Å². The highest BCUT2D eigenvalue weighted by molar-refractivity contribution is 7.99. The minimum atomic E-state index is -3.51. The normalized spacial score (nSPS) is 22.0. The molecule has 0 aliphatic carbocycles. The molecular formula is C24H30N2O4S2. The molecule has 0 unspecified atom stereocenters. The van der Waals surface area contributed by atoms with Crippen molar-refractivity contribution in [2.24, 2.45) is 5.92 Å². The van der Waals surface area contributed by atoms with Gasteiger partial charge in [0.2, 0.25) is 10.0 Å². The lowest BCUT2D eigenvalue weighted by Gasteiger charge is -2.30. The van der Waals surface area contributed by atoms with Gasteiger partial charge < -0.3 is 10.1 Å². The summed E-state index contributed by atoms with van der Waals surface area (Å²) in [7, 11) is -3.51. The summed E-state index contributed by atoms with van der Waals surface area (Å²) >= 11 is 1.63. The van der Waals surface area contributed by atoms with Crippen LogP contribution >= 0.6 is 11.8 Å². The average molecular weight is 475 g/mol. The number of nitrogens with one attached hydrogen (secondary N) is 1. The molecule has 172 valence electrons. The van der Waals surface area contributed by atoms with Crippen molar-refractivity contribution >= 4 is 33.4 Å². The fourth-order valence-corrected chi connectivity index (χ4v) is 6.88. The molecule has 2 atom stereocenters. The summed E-state index contributed by atoms with van der Waals surface area (Å²) in [6, 6.07) is 14.0. The van der Waals surface area contributed by atoms with Crippen molar-refractivity contribution in [3.8, 4) is 0 Å². The van der Waals surface area contributed by atoms with E-state index in [-0.39, 0.29) is 16.9 Å². The second-order valence-corrected chi connectivity index (χ2v) is 11.5. The van der Waals surface area contributed by atoms with E-state index < -0.39 is 10.0 Å². The number of carbonyl (C=O) groups excluding carboxylic acids is 1. The predicted octanol–water partition coefficient (Wildman–Crippen LogP) is 4.63. The van der Waals surface area contributed by atoms with E-state index in [0.717, 1.165) is 42.9 Å². The lowest BCUT2D eigenvalue weighted by atomic mass is 10.0. The van der Waals surface area contributed by atoms with Crippen molar-refractivity contribution in [1.82, 2.24) is 4.31 Å². The third-order valence-corrected chi connectivity index (χ3v) is 9.03. The van der Waals surface area contributed by atoms with Gasteiger partial charge in [-0.05, 0) is 68.0 Å². The molecule has 4 rings (SSSR count). The van der Waals surface area contributed by atoms with Crippen molar-refractivity contribution in [1.29, 1.82) is 0 Å². The van der Waals surface area contributed by atoms with Crippen LogP contribution in [0.5, 0.6) is 0 Å². The maximum Gasteiger partial charge on any atom is 0.256 e. The fourth-order valence-electron chi connectivity index (χ4n) is 4.16. The van der Waals surface area contributed by atoms with Crippen LogP contribution < -0.4 is 5.32 Å². The number of ether oxygens (including phenoxy) is 1. The van der Waals surface area contributed by atoms with Crippen LogP contribution in [0, 0.1) is 5.92 Å².